The van der Waals surface area contributed by atoms with E-state index in [2.05, 4.69) is 22.5 Å². The van der Waals surface area contributed by atoms with Gasteiger partial charge in [-0.25, -0.2) is 18.4 Å². The number of anilines is 1. The number of hydrogen-bond donors (Lipinski definition) is 4. The highest BCUT2D eigenvalue weighted by Crippen LogP contribution is 2.22. The Bertz CT molecular complexity index is 1140. The molecule has 5 amide bonds. The number of carbonyl (C=O) groups is 4. The first-order valence-electron chi connectivity index (χ1n) is 11.0. The molecule has 0 saturated carbocycles. The van der Waals surface area contributed by atoms with Gasteiger partial charge in [0.05, 0.1) is 12.5 Å². The van der Waals surface area contributed by atoms with Gasteiger partial charge in [0.15, 0.2) is 6.17 Å². The van der Waals surface area contributed by atoms with E-state index < -0.39 is 54.2 Å². The van der Waals surface area contributed by atoms with Crippen LogP contribution in [-0.2, 0) is 9.59 Å². The number of carboxylic acids is 1. The lowest BCUT2D eigenvalue weighted by molar-refractivity contribution is -0.138. The Morgan fingerprint density at radius 1 is 1.03 bits per heavy atom. The highest BCUT2D eigenvalue weighted by Gasteiger charge is 2.43. The molecule has 2 atom stereocenters. The van der Waals surface area contributed by atoms with Crippen LogP contribution in [0.15, 0.2) is 61.2 Å². The molecule has 0 aliphatic carbocycles. The predicted molar refractivity (Wildman–Crippen MR) is 126 cm³/mol. The zero-order chi connectivity index (χ0) is 26.2. The van der Waals surface area contributed by atoms with Gasteiger partial charge in [-0.3, -0.25) is 19.4 Å². The average molecular weight is 501 g/mol. The Morgan fingerprint density at radius 3 is 2.31 bits per heavy atom. The smallest absolute Gasteiger partial charge is 0.323 e. The molecule has 0 spiro atoms. The van der Waals surface area contributed by atoms with Gasteiger partial charge in [-0.05, 0) is 35.9 Å². The molecule has 1 aliphatic rings. The number of nitrogens with zero attached hydrogens (tertiary/aromatic N) is 2. The fourth-order valence-electron chi connectivity index (χ4n) is 3.73. The first-order chi connectivity index (χ1) is 17.2. The molecule has 1 saturated heterocycles. The fourth-order valence-corrected chi connectivity index (χ4v) is 3.73. The number of hydrogen-bond acceptors (Lipinski definition) is 4. The van der Waals surface area contributed by atoms with Crippen molar-refractivity contribution in [2.45, 2.75) is 18.6 Å². The van der Waals surface area contributed by atoms with Crippen molar-refractivity contribution in [1.29, 1.82) is 0 Å². The molecule has 2 unspecified atom stereocenters. The molecule has 2 aromatic rings. The van der Waals surface area contributed by atoms with Crippen molar-refractivity contribution in [3.8, 4) is 0 Å². The van der Waals surface area contributed by atoms with Crippen molar-refractivity contribution in [2.24, 2.45) is 0 Å². The van der Waals surface area contributed by atoms with Gasteiger partial charge in [0.1, 0.15) is 11.6 Å². The SMILES string of the molecule is C=CCNC(=O)N1CCN(C(=O)Nc2cccc(F)c2)C1C(=O)NC(CC(=O)O)c1ccc(F)cc1. The molecule has 4 N–H and O–H groups in total. The molecule has 12 heteroatoms. The van der Waals surface area contributed by atoms with E-state index in [1.165, 1.54) is 36.4 Å². The van der Waals surface area contributed by atoms with E-state index in [0.29, 0.717) is 5.56 Å². The molecule has 10 nitrogen and oxygen atoms in total. The van der Waals surface area contributed by atoms with Gasteiger partial charge in [-0.2, -0.15) is 0 Å². The van der Waals surface area contributed by atoms with Gasteiger partial charge in [-0.15, -0.1) is 6.58 Å². The van der Waals surface area contributed by atoms with Crippen molar-refractivity contribution in [3.05, 3.63) is 78.4 Å². The van der Waals surface area contributed by atoms with Crippen LogP contribution in [0, 0.1) is 11.6 Å². The largest absolute Gasteiger partial charge is 0.481 e. The Morgan fingerprint density at radius 2 is 1.69 bits per heavy atom. The van der Waals surface area contributed by atoms with Crippen LogP contribution < -0.4 is 16.0 Å². The van der Waals surface area contributed by atoms with Crippen LogP contribution in [0.4, 0.5) is 24.1 Å². The molecular formula is C24H25F2N5O5. The minimum Gasteiger partial charge on any atom is -0.481 e. The highest BCUT2D eigenvalue weighted by molar-refractivity contribution is 5.96. The Labute approximate surface area is 205 Å². The first-order valence-corrected chi connectivity index (χ1v) is 11.0. The number of halogens is 2. The average Bonchev–Trinajstić information content (AvgIpc) is 3.28. The minimum absolute atomic E-state index is 0.00220. The maximum Gasteiger partial charge on any atom is 0.323 e. The standard InChI is InChI=1S/C24H25F2N5O5/c1-2-10-27-23(35)30-11-12-31(24(36)28-18-5-3-4-17(26)13-18)22(30)21(34)29-19(14-20(32)33)15-6-8-16(25)9-7-15/h2-9,13,19,22H,1,10-12,14H2,(H,27,35)(H,28,36)(H,29,34)(H,32,33). The van der Waals surface area contributed by atoms with Crippen LogP contribution in [0.5, 0.6) is 0 Å². The summed E-state index contributed by atoms with van der Waals surface area (Å²) in [5, 5.41) is 16.9. The van der Waals surface area contributed by atoms with Crippen molar-refractivity contribution in [1.82, 2.24) is 20.4 Å². The summed E-state index contributed by atoms with van der Waals surface area (Å²) in [5.41, 5.74) is 0.465. The lowest BCUT2D eigenvalue weighted by Gasteiger charge is -2.30. The summed E-state index contributed by atoms with van der Waals surface area (Å²) in [6.45, 7) is 3.60. The summed E-state index contributed by atoms with van der Waals surface area (Å²) >= 11 is 0. The van der Waals surface area contributed by atoms with Gasteiger partial charge in [0.25, 0.3) is 5.91 Å². The summed E-state index contributed by atoms with van der Waals surface area (Å²) in [6.07, 6.45) is -0.531. The second-order valence-electron chi connectivity index (χ2n) is 7.89. The summed E-state index contributed by atoms with van der Waals surface area (Å²) < 4.78 is 26.9. The molecule has 0 bridgehead atoms. The second kappa shape index (κ2) is 11.8. The second-order valence-corrected chi connectivity index (χ2v) is 7.89. The minimum atomic E-state index is -1.44. The normalized spacial score (nSPS) is 15.7. The number of nitrogens with one attached hydrogen (secondary N) is 3. The number of aliphatic carboxylic acids is 1. The number of carboxylic acid groups (broad SMARTS) is 1. The van der Waals surface area contributed by atoms with Gasteiger partial charge >= 0.3 is 18.0 Å². The Balaban J connectivity index is 1.87. The van der Waals surface area contributed by atoms with Crippen LogP contribution in [0.2, 0.25) is 0 Å². The fraction of sp³-hybridized carbons (Fsp3) is 0.250. The lowest BCUT2D eigenvalue weighted by atomic mass is 10.0. The van der Waals surface area contributed by atoms with E-state index in [9.17, 15) is 33.1 Å². The van der Waals surface area contributed by atoms with E-state index in [1.54, 1.807) is 0 Å². The molecule has 1 heterocycles. The summed E-state index contributed by atoms with van der Waals surface area (Å²) in [7, 11) is 0. The molecule has 2 aromatic carbocycles. The van der Waals surface area contributed by atoms with Crippen molar-refractivity contribution in [2.75, 3.05) is 25.0 Å². The van der Waals surface area contributed by atoms with E-state index >= 15 is 0 Å². The van der Waals surface area contributed by atoms with Gasteiger partial charge in [0.2, 0.25) is 0 Å². The zero-order valence-corrected chi connectivity index (χ0v) is 19.1. The van der Waals surface area contributed by atoms with Crippen molar-refractivity contribution < 1.29 is 33.1 Å². The number of rotatable bonds is 8. The number of carbonyl (C=O) groups excluding carboxylic acids is 3. The predicted octanol–water partition coefficient (Wildman–Crippen LogP) is 2.67. The summed E-state index contributed by atoms with van der Waals surface area (Å²) in [5.74, 6) is -3.17. The molecule has 1 fully saturated rings. The molecule has 1 aliphatic heterocycles. The Kier molecular flexibility index (Phi) is 8.55. The van der Waals surface area contributed by atoms with E-state index in [1.807, 2.05) is 0 Å². The van der Waals surface area contributed by atoms with Crippen LogP contribution in [0.1, 0.15) is 18.0 Å². The van der Waals surface area contributed by atoms with Crippen LogP contribution in [0.3, 0.4) is 0 Å². The molecular weight excluding hydrogens is 476 g/mol. The lowest BCUT2D eigenvalue weighted by Crippen LogP contribution is -2.56. The molecule has 0 aromatic heterocycles. The molecule has 36 heavy (non-hydrogen) atoms. The van der Waals surface area contributed by atoms with Gasteiger partial charge in [0, 0.05) is 25.3 Å². The van der Waals surface area contributed by atoms with Crippen LogP contribution >= 0.6 is 0 Å². The zero-order valence-electron chi connectivity index (χ0n) is 19.1. The topological polar surface area (TPSA) is 131 Å². The number of urea groups is 2. The third kappa shape index (κ3) is 6.56. The van der Waals surface area contributed by atoms with Gasteiger partial charge < -0.3 is 21.1 Å². The van der Waals surface area contributed by atoms with E-state index in [4.69, 9.17) is 0 Å². The van der Waals surface area contributed by atoms with Crippen LogP contribution in [0.25, 0.3) is 0 Å². The summed E-state index contributed by atoms with van der Waals surface area (Å²) in [4.78, 5) is 52.7. The highest BCUT2D eigenvalue weighted by atomic mass is 19.1. The van der Waals surface area contributed by atoms with Gasteiger partial charge in [-0.1, -0.05) is 24.3 Å². The number of amides is 5. The van der Waals surface area contributed by atoms with Crippen LogP contribution in [-0.4, -0.2) is 64.6 Å². The Hall–Kier alpha value is -4.48. The maximum atomic E-state index is 13.6. The maximum absolute atomic E-state index is 13.6. The first kappa shape index (κ1) is 26.1. The van der Waals surface area contributed by atoms with E-state index in [0.717, 1.165) is 28.0 Å². The van der Waals surface area contributed by atoms with E-state index in [-0.39, 0.29) is 25.3 Å². The third-order valence-corrected chi connectivity index (χ3v) is 5.37. The molecule has 190 valence electrons. The third-order valence-electron chi connectivity index (χ3n) is 5.37. The van der Waals surface area contributed by atoms with Crippen molar-refractivity contribution >= 4 is 29.6 Å². The number of benzene rings is 2. The summed E-state index contributed by atoms with van der Waals surface area (Å²) in [6, 6.07) is 7.58. The monoisotopic (exact) mass is 501 g/mol. The molecule has 3 rings (SSSR count). The quantitative estimate of drug-likeness (QED) is 0.413. The van der Waals surface area contributed by atoms with Crippen molar-refractivity contribution in [3.63, 3.8) is 0 Å². The molecule has 0 radical (unpaired) electrons.